The summed E-state index contributed by atoms with van der Waals surface area (Å²) in [7, 11) is 0. The summed E-state index contributed by atoms with van der Waals surface area (Å²) in [5, 5.41) is 0.512. The van der Waals surface area contributed by atoms with Gasteiger partial charge in [0.15, 0.2) is 0 Å². The van der Waals surface area contributed by atoms with E-state index >= 15 is 0 Å². The second kappa shape index (κ2) is 6.63. The zero-order valence-electron chi connectivity index (χ0n) is 16.5. The second-order valence-electron chi connectivity index (χ2n) is 9.43. The molecule has 0 amide bonds. The molecule has 0 bridgehead atoms. The van der Waals surface area contributed by atoms with Crippen LogP contribution in [0.5, 0.6) is 0 Å². The van der Waals surface area contributed by atoms with Gasteiger partial charge in [0.25, 0.3) is 0 Å². The fraction of sp³-hybridized carbons (Fsp3) is 0.955. The molecule has 1 nitrogen and oxygen atoms in total. The monoisotopic (exact) mass is 350 g/mol. The molecule has 0 saturated heterocycles. The molecular weight excluding hydrogens is 312 g/mol. The molecule has 0 aromatic rings. The quantitative estimate of drug-likeness (QED) is 0.517. The van der Waals surface area contributed by atoms with Crippen molar-refractivity contribution in [3.8, 4) is 0 Å². The highest BCUT2D eigenvalue weighted by Crippen LogP contribution is 2.66. The van der Waals surface area contributed by atoms with Crippen LogP contribution in [0.1, 0.15) is 86.0 Å². The Morgan fingerprint density at radius 1 is 0.875 bits per heavy atom. The number of hydrogen-bond donors (Lipinski definition) is 1. The Bertz CT molecular complexity index is 488. The highest BCUT2D eigenvalue weighted by molar-refractivity contribution is 7.81. The number of fused-ring (bicyclic) bond motifs is 5. The highest BCUT2D eigenvalue weighted by atomic mass is 32.1. The normalized spacial score (nSPS) is 53.3. The summed E-state index contributed by atoms with van der Waals surface area (Å²) in [4.78, 5) is 13.3. The van der Waals surface area contributed by atoms with Crippen LogP contribution in [0.25, 0.3) is 0 Å². The lowest BCUT2D eigenvalue weighted by Gasteiger charge is -2.61. The topological polar surface area (TPSA) is 17.1 Å². The average Bonchev–Trinajstić information content (AvgIpc) is 2.89. The molecule has 8 unspecified atom stereocenters. The van der Waals surface area contributed by atoms with E-state index < -0.39 is 0 Å². The molecule has 4 aliphatic rings. The fourth-order valence-electron chi connectivity index (χ4n) is 7.42. The lowest BCUT2D eigenvalue weighted by Crippen LogP contribution is -2.59. The molecule has 4 fully saturated rings. The van der Waals surface area contributed by atoms with Gasteiger partial charge in [-0.15, -0.1) is 0 Å². The Morgan fingerprint density at radius 2 is 1.54 bits per heavy atom. The number of ketones is 1. The average molecular weight is 351 g/mol. The first-order valence-electron chi connectivity index (χ1n) is 10.6. The molecule has 4 aliphatic carbocycles. The van der Waals surface area contributed by atoms with Crippen LogP contribution in [0.2, 0.25) is 0 Å². The van der Waals surface area contributed by atoms with Gasteiger partial charge in [-0.1, -0.05) is 47.5 Å². The minimum atomic E-state index is 0.299. The molecule has 0 radical (unpaired) electrons. The van der Waals surface area contributed by atoms with Crippen molar-refractivity contribution < 1.29 is 4.79 Å². The summed E-state index contributed by atoms with van der Waals surface area (Å²) in [5.74, 6) is 3.22. The Kier molecular flexibility index (Phi) is 5.20. The van der Waals surface area contributed by atoms with E-state index in [4.69, 9.17) is 12.6 Å². The number of rotatable bonds is 0. The van der Waals surface area contributed by atoms with Crippen LogP contribution in [0.4, 0.5) is 0 Å². The molecule has 138 valence electrons. The van der Waals surface area contributed by atoms with Crippen molar-refractivity contribution in [2.75, 3.05) is 0 Å². The minimum absolute atomic E-state index is 0.299. The van der Waals surface area contributed by atoms with Crippen molar-refractivity contribution in [3.63, 3.8) is 0 Å². The third-order valence-corrected chi connectivity index (χ3v) is 9.62. The predicted molar refractivity (Wildman–Crippen MR) is 105 cm³/mol. The van der Waals surface area contributed by atoms with Crippen LogP contribution in [0.15, 0.2) is 0 Å². The van der Waals surface area contributed by atoms with Crippen molar-refractivity contribution in [2.45, 2.75) is 91.2 Å². The molecule has 0 N–H and O–H groups in total. The molecule has 0 heterocycles. The maximum atomic E-state index is 13.3. The zero-order valence-corrected chi connectivity index (χ0v) is 17.4. The van der Waals surface area contributed by atoms with Gasteiger partial charge in [0, 0.05) is 17.1 Å². The summed E-state index contributed by atoms with van der Waals surface area (Å²) in [5.41, 5.74) is 0.754. The van der Waals surface area contributed by atoms with Gasteiger partial charge in [-0.05, 0) is 67.1 Å². The molecule has 4 saturated carbocycles. The molecule has 24 heavy (non-hydrogen) atoms. The molecule has 8 atom stereocenters. The maximum Gasteiger partial charge on any atom is 0.139 e. The smallest absolute Gasteiger partial charge is 0.139 e. The van der Waals surface area contributed by atoms with Crippen LogP contribution in [0.3, 0.4) is 0 Å². The largest absolute Gasteiger partial charge is 0.299 e. The number of carbonyl (C=O) groups excluding carboxylic acids is 1. The summed E-state index contributed by atoms with van der Waals surface area (Å²) in [6, 6.07) is 0. The van der Waals surface area contributed by atoms with E-state index in [0.29, 0.717) is 51.5 Å². The number of Topliss-reactive ketones (excluding diaryl/α,β-unsaturated/α-hetero) is 1. The van der Waals surface area contributed by atoms with E-state index in [-0.39, 0.29) is 0 Å². The maximum absolute atomic E-state index is 13.3. The van der Waals surface area contributed by atoms with Gasteiger partial charge in [-0.3, -0.25) is 4.79 Å². The lowest BCUT2D eigenvalue weighted by molar-refractivity contribution is -0.163. The van der Waals surface area contributed by atoms with Crippen molar-refractivity contribution in [2.24, 2.45) is 40.4 Å². The summed E-state index contributed by atoms with van der Waals surface area (Å²) in [6.07, 6.45) is 10.4. The van der Waals surface area contributed by atoms with Crippen LogP contribution >= 0.6 is 12.6 Å². The molecule has 0 aromatic carbocycles. The minimum Gasteiger partial charge on any atom is -0.299 e. The molecule has 4 rings (SSSR count). The number of hydrogen-bond acceptors (Lipinski definition) is 2. The zero-order chi connectivity index (χ0) is 17.7. The Labute approximate surface area is 155 Å². The molecule has 0 aliphatic heterocycles. The fourth-order valence-corrected chi connectivity index (χ4v) is 7.89. The third kappa shape index (κ3) is 2.45. The van der Waals surface area contributed by atoms with E-state index in [1.165, 1.54) is 51.4 Å². The van der Waals surface area contributed by atoms with Gasteiger partial charge in [-0.2, -0.15) is 12.6 Å². The second-order valence-corrected chi connectivity index (χ2v) is 10.0. The van der Waals surface area contributed by atoms with E-state index in [1.807, 2.05) is 13.8 Å². The van der Waals surface area contributed by atoms with Crippen molar-refractivity contribution in [1.82, 2.24) is 0 Å². The number of thiol groups is 1. The molecule has 0 spiro atoms. The Morgan fingerprint density at radius 3 is 2.25 bits per heavy atom. The summed E-state index contributed by atoms with van der Waals surface area (Å²) < 4.78 is 0. The van der Waals surface area contributed by atoms with Crippen molar-refractivity contribution >= 4 is 18.4 Å². The Balaban J connectivity index is 0.000000815. The highest BCUT2D eigenvalue weighted by Gasteiger charge is 2.63. The van der Waals surface area contributed by atoms with E-state index in [0.717, 1.165) is 0 Å². The first-order chi connectivity index (χ1) is 11.4. The Hall–Kier alpha value is 0.0200. The van der Waals surface area contributed by atoms with E-state index in [1.54, 1.807) is 0 Å². The van der Waals surface area contributed by atoms with Gasteiger partial charge in [0.1, 0.15) is 5.78 Å². The van der Waals surface area contributed by atoms with Gasteiger partial charge >= 0.3 is 0 Å². The van der Waals surface area contributed by atoms with Crippen LogP contribution in [-0.2, 0) is 4.79 Å². The van der Waals surface area contributed by atoms with Gasteiger partial charge in [0.05, 0.1) is 0 Å². The SMILES string of the molecule is CC.CC1C(=O)C2C3CCC(S)C3(C)CCC2C2(C)CCCCC12. The number of carbonyl (C=O) groups is 1. The van der Waals surface area contributed by atoms with Gasteiger partial charge < -0.3 is 0 Å². The van der Waals surface area contributed by atoms with E-state index in [2.05, 4.69) is 20.8 Å². The predicted octanol–water partition coefficient (Wildman–Crippen LogP) is 6.17. The standard InChI is InChI=1S/C20H32OS.C2H6/c1-12-13-6-4-5-10-19(13,2)15-9-11-20(3)14(7-8-16(20)22)17(15)18(12)21;1-2/h12-17,22H,4-11H2,1-3H3;1-2H3. The van der Waals surface area contributed by atoms with Crippen molar-refractivity contribution in [3.05, 3.63) is 0 Å². The van der Waals surface area contributed by atoms with Crippen LogP contribution in [0, 0.1) is 40.4 Å². The molecule has 2 heteroatoms. The first-order valence-corrected chi connectivity index (χ1v) is 11.1. The first kappa shape index (κ1) is 18.8. The molecule has 0 aromatic heterocycles. The lowest BCUT2D eigenvalue weighted by atomic mass is 9.43. The van der Waals surface area contributed by atoms with Crippen LogP contribution in [-0.4, -0.2) is 11.0 Å². The van der Waals surface area contributed by atoms with Crippen LogP contribution < -0.4 is 0 Å². The summed E-state index contributed by atoms with van der Waals surface area (Å²) in [6.45, 7) is 11.2. The van der Waals surface area contributed by atoms with E-state index in [9.17, 15) is 4.79 Å². The van der Waals surface area contributed by atoms with Gasteiger partial charge in [0.2, 0.25) is 0 Å². The van der Waals surface area contributed by atoms with Gasteiger partial charge in [-0.25, -0.2) is 0 Å². The van der Waals surface area contributed by atoms with Crippen molar-refractivity contribution in [1.29, 1.82) is 0 Å². The molecular formula is C22H38OS. The summed E-state index contributed by atoms with van der Waals surface area (Å²) >= 11 is 4.91. The third-order valence-electron chi connectivity index (χ3n) is 8.78.